The molecule has 0 saturated heterocycles. The van der Waals surface area contributed by atoms with E-state index in [4.69, 9.17) is 0 Å². The lowest BCUT2D eigenvalue weighted by atomic mass is 10.1. The van der Waals surface area contributed by atoms with Gasteiger partial charge in [-0.15, -0.1) is 0 Å². The molecule has 106 valence electrons. The van der Waals surface area contributed by atoms with E-state index in [-0.39, 0.29) is 17.2 Å². The summed E-state index contributed by atoms with van der Waals surface area (Å²) in [6.07, 6.45) is 0. The fraction of sp³-hybridized carbons (Fsp3) is 0.143. The minimum atomic E-state index is -1.27. The van der Waals surface area contributed by atoms with Crippen molar-refractivity contribution in [3.63, 3.8) is 0 Å². The molecule has 3 nitrogen and oxygen atoms in total. The minimum Gasteiger partial charge on any atom is -0.508 e. The van der Waals surface area contributed by atoms with Gasteiger partial charge < -0.3 is 15.5 Å². The molecule has 2 aromatic carbocycles. The molecule has 0 aliphatic rings. The Hall–Kier alpha value is -2.37. The van der Waals surface area contributed by atoms with E-state index in [0.29, 0.717) is 17.7 Å². The van der Waals surface area contributed by atoms with Crippen LogP contribution in [0.2, 0.25) is 0 Å². The van der Waals surface area contributed by atoms with Crippen LogP contribution in [0.25, 0.3) is 0 Å². The highest BCUT2D eigenvalue weighted by Crippen LogP contribution is 2.31. The molecule has 0 bridgehead atoms. The van der Waals surface area contributed by atoms with Crippen molar-refractivity contribution < 1.29 is 23.4 Å². The van der Waals surface area contributed by atoms with Gasteiger partial charge in [0.05, 0.1) is 11.7 Å². The maximum absolute atomic E-state index is 13.5. The van der Waals surface area contributed by atoms with Gasteiger partial charge in [0.2, 0.25) is 0 Å². The van der Waals surface area contributed by atoms with Gasteiger partial charge in [-0.05, 0) is 19.1 Å². The lowest BCUT2D eigenvalue weighted by Crippen LogP contribution is -2.09. The number of hydrogen-bond acceptors (Lipinski definition) is 3. The molecule has 0 saturated carbocycles. The Labute approximate surface area is 113 Å². The zero-order valence-electron chi connectivity index (χ0n) is 10.5. The fourth-order valence-corrected chi connectivity index (χ4v) is 1.84. The molecule has 0 radical (unpaired) electrons. The summed E-state index contributed by atoms with van der Waals surface area (Å²) in [5.74, 6) is -3.68. The topological polar surface area (TPSA) is 52.5 Å². The SMILES string of the molecule is CC(Nc1cc(F)c(F)cc1F)c1ccc(O)cc1O. The van der Waals surface area contributed by atoms with Gasteiger partial charge >= 0.3 is 0 Å². The van der Waals surface area contributed by atoms with Crippen molar-refractivity contribution in [2.45, 2.75) is 13.0 Å². The van der Waals surface area contributed by atoms with E-state index < -0.39 is 23.5 Å². The van der Waals surface area contributed by atoms with Crippen LogP contribution in [-0.4, -0.2) is 10.2 Å². The molecule has 6 heteroatoms. The van der Waals surface area contributed by atoms with Crippen LogP contribution in [0, 0.1) is 17.5 Å². The molecule has 0 aliphatic carbocycles. The summed E-state index contributed by atoms with van der Waals surface area (Å²) in [6.45, 7) is 1.60. The molecule has 20 heavy (non-hydrogen) atoms. The van der Waals surface area contributed by atoms with E-state index in [1.807, 2.05) is 0 Å². The zero-order chi connectivity index (χ0) is 14.9. The first-order valence-electron chi connectivity index (χ1n) is 5.81. The molecule has 2 aromatic rings. The number of aromatic hydroxyl groups is 2. The number of rotatable bonds is 3. The number of nitrogens with one attached hydrogen (secondary N) is 1. The third-order valence-corrected chi connectivity index (χ3v) is 2.86. The van der Waals surface area contributed by atoms with Gasteiger partial charge in [0, 0.05) is 23.8 Å². The van der Waals surface area contributed by atoms with Gasteiger partial charge in [0.15, 0.2) is 11.6 Å². The quantitative estimate of drug-likeness (QED) is 0.753. The molecule has 3 N–H and O–H groups in total. The number of hydrogen-bond donors (Lipinski definition) is 3. The van der Waals surface area contributed by atoms with Crippen molar-refractivity contribution >= 4 is 5.69 Å². The maximum atomic E-state index is 13.5. The Morgan fingerprint density at radius 3 is 2.25 bits per heavy atom. The summed E-state index contributed by atoms with van der Waals surface area (Å²) in [5.41, 5.74) is 0.163. The highest BCUT2D eigenvalue weighted by Gasteiger charge is 2.15. The van der Waals surface area contributed by atoms with Gasteiger partial charge in [-0.2, -0.15) is 0 Å². The van der Waals surface area contributed by atoms with Crippen molar-refractivity contribution in [2.24, 2.45) is 0 Å². The van der Waals surface area contributed by atoms with Crippen molar-refractivity contribution in [1.29, 1.82) is 0 Å². The molecule has 0 heterocycles. The summed E-state index contributed by atoms with van der Waals surface area (Å²) < 4.78 is 39.4. The van der Waals surface area contributed by atoms with Gasteiger partial charge in [-0.1, -0.05) is 0 Å². The molecule has 0 spiro atoms. The zero-order valence-corrected chi connectivity index (χ0v) is 10.5. The second-order valence-electron chi connectivity index (χ2n) is 4.36. The number of benzene rings is 2. The predicted molar refractivity (Wildman–Crippen MR) is 68.1 cm³/mol. The van der Waals surface area contributed by atoms with Crippen LogP contribution in [0.1, 0.15) is 18.5 Å². The molecular formula is C14H12F3NO2. The number of anilines is 1. The monoisotopic (exact) mass is 283 g/mol. The fourth-order valence-electron chi connectivity index (χ4n) is 1.84. The summed E-state index contributed by atoms with van der Waals surface area (Å²) in [6, 6.07) is 4.51. The largest absolute Gasteiger partial charge is 0.508 e. The first kappa shape index (κ1) is 14.0. The summed E-state index contributed by atoms with van der Waals surface area (Å²) >= 11 is 0. The van der Waals surface area contributed by atoms with E-state index in [9.17, 15) is 23.4 Å². The maximum Gasteiger partial charge on any atom is 0.161 e. The van der Waals surface area contributed by atoms with E-state index in [2.05, 4.69) is 5.32 Å². The van der Waals surface area contributed by atoms with Gasteiger partial charge in [0.25, 0.3) is 0 Å². The predicted octanol–water partition coefficient (Wildman–Crippen LogP) is 3.69. The summed E-state index contributed by atoms with van der Waals surface area (Å²) in [7, 11) is 0. The Morgan fingerprint density at radius 1 is 0.950 bits per heavy atom. The highest BCUT2D eigenvalue weighted by atomic mass is 19.2. The number of phenolic OH excluding ortho intramolecular Hbond substituents is 2. The summed E-state index contributed by atoms with van der Waals surface area (Å²) in [4.78, 5) is 0. The standard InChI is InChI=1S/C14H12F3NO2/c1-7(9-3-2-8(19)4-14(9)20)18-13-6-11(16)10(15)5-12(13)17/h2-7,18-20H,1H3. The van der Waals surface area contributed by atoms with Crippen molar-refractivity contribution in [3.8, 4) is 11.5 Å². The van der Waals surface area contributed by atoms with Crippen LogP contribution < -0.4 is 5.32 Å². The van der Waals surface area contributed by atoms with Crippen molar-refractivity contribution in [2.75, 3.05) is 5.32 Å². The Balaban J connectivity index is 2.27. The van der Waals surface area contributed by atoms with Crippen LogP contribution in [0.3, 0.4) is 0 Å². The second-order valence-corrected chi connectivity index (χ2v) is 4.36. The molecule has 0 fully saturated rings. The van der Waals surface area contributed by atoms with Crippen molar-refractivity contribution in [1.82, 2.24) is 0 Å². The average molecular weight is 283 g/mol. The molecular weight excluding hydrogens is 271 g/mol. The first-order chi connectivity index (χ1) is 9.38. The lowest BCUT2D eigenvalue weighted by Gasteiger charge is -2.17. The van der Waals surface area contributed by atoms with Gasteiger partial charge in [-0.25, -0.2) is 13.2 Å². The smallest absolute Gasteiger partial charge is 0.161 e. The van der Waals surface area contributed by atoms with Gasteiger partial charge in [0.1, 0.15) is 17.3 Å². The lowest BCUT2D eigenvalue weighted by molar-refractivity contribution is 0.444. The van der Waals surface area contributed by atoms with Gasteiger partial charge in [-0.3, -0.25) is 0 Å². The Morgan fingerprint density at radius 2 is 1.60 bits per heavy atom. The molecule has 0 aliphatic heterocycles. The van der Waals surface area contributed by atoms with Crippen LogP contribution in [-0.2, 0) is 0 Å². The van der Waals surface area contributed by atoms with Crippen LogP contribution in [0.4, 0.5) is 18.9 Å². The molecule has 0 amide bonds. The summed E-state index contributed by atoms with van der Waals surface area (Å²) in [5, 5.41) is 21.5. The third kappa shape index (κ3) is 2.79. The molecule has 0 aromatic heterocycles. The van der Waals surface area contributed by atoms with Crippen molar-refractivity contribution in [3.05, 3.63) is 53.3 Å². The number of phenols is 2. The Bertz CT molecular complexity index is 647. The van der Waals surface area contributed by atoms with Crippen LogP contribution >= 0.6 is 0 Å². The highest BCUT2D eigenvalue weighted by molar-refractivity contribution is 5.50. The van der Waals surface area contributed by atoms with E-state index in [1.54, 1.807) is 6.92 Å². The number of halogens is 3. The molecule has 2 rings (SSSR count). The molecule has 1 atom stereocenters. The second kappa shape index (κ2) is 5.32. The van der Waals surface area contributed by atoms with E-state index in [1.165, 1.54) is 12.1 Å². The van der Waals surface area contributed by atoms with Crippen LogP contribution in [0.5, 0.6) is 11.5 Å². The van der Waals surface area contributed by atoms with E-state index >= 15 is 0 Å². The average Bonchev–Trinajstić information content (AvgIpc) is 2.35. The third-order valence-electron chi connectivity index (χ3n) is 2.86. The minimum absolute atomic E-state index is 0.113. The molecule has 1 unspecified atom stereocenters. The normalized spacial score (nSPS) is 12.2. The first-order valence-corrected chi connectivity index (χ1v) is 5.81. The Kier molecular flexibility index (Phi) is 3.74. The van der Waals surface area contributed by atoms with E-state index in [0.717, 1.165) is 6.07 Å². The van der Waals surface area contributed by atoms with Crippen LogP contribution in [0.15, 0.2) is 30.3 Å².